The number of rotatable bonds is 2. The summed E-state index contributed by atoms with van der Waals surface area (Å²) in [5.74, 6) is 1.63. The van der Waals surface area contributed by atoms with Crippen molar-refractivity contribution in [2.45, 2.75) is 25.7 Å². The summed E-state index contributed by atoms with van der Waals surface area (Å²) in [6.45, 7) is 3.79. The van der Waals surface area contributed by atoms with Crippen molar-refractivity contribution in [3.63, 3.8) is 0 Å². The summed E-state index contributed by atoms with van der Waals surface area (Å²) in [5, 5.41) is 0. The van der Waals surface area contributed by atoms with Crippen LogP contribution in [0.5, 0.6) is 0 Å². The zero-order valence-electron chi connectivity index (χ0n) is 6.93. The Labute approximate surface area is 67.2 Å². The molecule has 0 N–H and O–H groups in total. The van der Waals surface area contributed by atoms with Crippen molar-refractivity contribution in [3.8, 4) is 0 Å². The number of hydrogen-bond acceptors (Lipinski definition) is 2. The average Bonchev–Trinajstić information content (AvgIpc) is 2.05. The van der Waals surface area contributed by atoms with Crippen molar-refractivity contribution in [2.75, 3.05) is 7.11 Å². The molecule has 1 saturated carbocycles. The van der Waals surface area contributed by atoms with Crippen molar-refractivity contribution < 1.29 is 9.53 Å². The molecule has 0 amide bonds. The molecular weight excluding hydrogens is 140 g/mol. The lowest BCUT2D eigenvalue weighted by molar-refractivity contribution is -0.120. The lowest BCUT2D eigenvalue weighted by Gasteiger charge is -2.21. The van der Waals surface area contributed by atoms with Gasteiger partial charge >= 0.3 is 0 Å². The number of ketones is 1. The molecule has 2 nitrogen and oxygen atoms in total. The monoisotopic (exact) mass is 154 g/mol. The van der Waals surface area contributed by atoms with E-state index in [1.165, 1.54) is 0 Å². The van der Waals surface area contributed by atoms with Gasteiger partial charge in [-0.05, 0) is 12.8 Å². The first-order chi connectivity index (χ1) is 5.24. The van der Waals surface area contributed by atoms with E-state index in [2.05, 4.69) is 6.58 Å². The number of ether oxygens (including phenoxy) is 1. The van der Waals surface area contributed by atoms with E-state index in [1.807, 2.05) is 0 Å². The van der Waals surface area contributed by atoms with Crippen LogP contribution in [0.2, 0.25) is 0 Å². The van der Waals surface area contributed by atoms with Crippen molar-refractivity contribution in [1.82, 2.24) is 0 Å². The van der Waals surface area contributed by atoms with Crippen LogP contribution in [0.15, 0.2) is 12.3 Å². The molecule has 1 fully saturated rings. The minimum Gasteiger partial charge on any atom is -0.501 e. The number of carbonyl (C=O) groups excluding carboxylic acids is 1. The molecule has 62 valence electrons. The molecule has 0 unspecified atom stereocenters. The lowest BCUT2D eigenvalue weighted by Crippen LogP contribution is -2.15. The van der Waals surface area contributed by atoms with E-state index in [4.69, 9.17) is 4.74 Å². The predicted octanol–water partition coefficient (Wildman–Crippen LogP) is 1.91. The number of allylic oxidation sites excluding steroid dienone is 1. The highest BCUT2D eigenvalue weighted by Gasteiger charge is 2.21. The SMILES string of the molecule is C=C(OC)C1CCC(=O)CC1. The van der Waals surface area contributed by atoms with Crippen LogP contribution in [0, 0.1) is 5.92 Å². The van der Waals surface area contributed by atoms with Gasteiger partial charge in [0.25, 0.3) is 0 Å². The quantitative estimate of drug-likeness (QED) is 0.568. The molecule has 0 heterocycles. The molecule has 0 aliphatic heterocycles. The molecule has 0 saturated heterocycles. The Kier molecular flexibility index (Phi) is 2.69. The van der Waals surface area contributed by atoms with Crippen LogP contribution in [0.1, 0.15) is 25.7 Å². The first-order valence-corrected chi connectivity index (χ1v) is 3.98. The molecule has 2 heteroatoms. The zero-order chi connectivity index (χ0) is 8.27. The van der Waals surface area contributed by atoms with Gasteiger partial charge in [0.1, 0.15) is 5.78 Å². The molecule has 1 rings (SSSR count). The van der Waals surface area contributed by atoms with E-state index in [-0.39, 0.29) is 0 Å². The van der Waals surface area contributed by atoms with Crippen molar-refractivity contribution in [3.05, 3.63) is 12.3 Å². The van der Waals surface area contributed by atoms with Crippen LogP contribution in [-0.2, 0) is 9.53 Å². The summed E-state index contributed by atoms with van der Waals surface area (Å²) in [5.41, 5.74) is 0. The third-order valence-electron chi connectivity index (χ3n) is 2.26. The van der Waals surface area contributed by atoms with Gasteiger partial charge in [-0.2, -0.15) is 0 Å². The van der Waals surface area contributed by atoms with Gasteiger partial charge < -0.3 is 4.74 Å². The van der Waals surface area contributed by atoms with E-state index < -0.39 is 0 Å². The molecule has 0 aromatic carbocycles. The highest BCUT2D eigenvalue weighted by Crippen LogP contribution is 2.26. The maximum absolute atomic E-state index is 10.8. The Morgan fingerprint density at radius 2 is 2.09 bits per heavy atom. The zero-order valence-corrected chi connectivity index (χ0v) is 6.93. The molecule has 0 aromatic rings. The van der Waals surface area contributed by atoms with Crippen LogP contribution in [0.3, 0.4) is 0 Å². The Morgan fingerprint density at radius 1 is 1.55 bits per heavy atom. The second-order valence-corrected chi connectivity index (χ2v) is 2.98. The van der Waals surface area contributed by atoms with Gasteiger partial charge in [-0.3, -0.25) is 4.79 Å². The summed E-state index contributed by atoms with van der Waals surface area (Å²) >= 11 is 0. The lowest BCUT2D eigenvalue weighted by atomic mass is 9.87. The van der Waals surface area contributed by atoms with Gasteiger partial charge in [0, 0.05) is 18.8 Å². The van der Waals surface area contributed by atoms with Crippen molar-refractivity contribution >= 4 is 5.78 Å². The third kappa shape index (κ3) is 2.07. The largest absolute Gasteiger partial charge is 0.501 e. The molecule has 0 spiro atoms. The fraction of sp³-hybridized carbons (Fsp3) is 0.667. The maximum Gasteiger partial charge on any atom is 0.132 e. The van der Waals surface area contributed by atoms with E-state index in [0.29, 0.717) is 24.5 Å². The van der Waals surface area contributed by atoms with Gasteiger partial charge in [0.15, 0.2) is 0 Å². The maximum atomic E-state index is 10.8. The highest BCUT2D eigenvalue weighted by molar-refractivity contribution is 5.79. The Morgan fingerprint density at radius 3 is 2.55 bits per heavy atom. The Bertz CT molecular complexity index is 162. The fourth-order valence-electron chi connectivity index (χ4n) is 1.43. The number of methoxy groups -OCH3 is 1. The van der Waals surface area contributed by atoms with Gasteiger partial charge in [0.2, 0.25) is 0 Å². The van der Waals surface area contributed by atoms with Crippen molar-refractivity contribution in [1.29, 1.82) is 0 Å². The van der Waals surface area contributed by atoms with Gasteiger partial charge in [-0.1, -0.05) is 6.58 Å². The first kappa shape index (κ1) is 8.31. The molecule has 0 radical (unpaired) electrons. The van der Waals surface area contributed by atoms with Gasteiger partial charge in [-0.25, -0.2) is 0 Å². The number of hydrogen-bond donors (Lipinski definition) is 0. The Balaban J connectivity index is 2.39. The third-order valence-corrected chi connectivity index (χ3v) is 2.26. The Hall–Kier alpha value is -0.790. The van der Waals surface area contributed by atoms with Gasteiger partial charge in [0.05, 0.1) is 12.9 Å². The van der Waals surface area contributed by atoms with E-state index in [9.17, 15) is 4.79 Å². The van der Waals surface area contributed by atoms with Crippen LogP contribution in [0.25, 0.3) is 0 Å². The molecule has 0 atom stereocenters. The second-order valence-electron chi connectivity index (χ2n) is 2.98. The average molecular weight is 154 g/mol. The van der Waals surface area contributed by atoms with Crippen LogP contribution < -0.4 is 0 Å². The van der Waals surface area contributed by atoms with Crippen LogP contribution in [0.4, 0.5) is 0 Å². The molecule has 1 aliphatic rings. The molecule has 1 aliphatic carbocycles. The van der Waals surface area contributed by atoms with E-state index >= 15 is 0 Å². The second kappa shape index (κ2) is 3.56. The summed E-state index contributed by atoms with van der Waals surface area (Å²) in [6, 6.07) is 0. The molecular formula is C9H14O2. The van der Waals surface area contributed by atoms with E-state index in [0.717, 1.165) is 18.6 Å². The van der Waals surface area contributed by atoms with Crippen LogP contribution in [-0.4, -0.2) is 12.9 Å². The van der Waals surface area contributed by atoms with Crippen molar-refractivity contribution in [2.24, 2.45) is 5.92 Å². The summed E-state index contributed by atoms with van der Waals surface area (Å²) in [7, 11) is 1.64. The smallest absolute Gasteiger partial charge is 0.132 e. The summed E-state index contributed by atoms with van der Waals surface area (Å²) < 4.78 is 5.02. The minimum absolute atomic E-state index is 0.380. The molecule has 11 heavy (non-hydrogen) atoms. The summed E-state index contributed by atoms with van der Waals surface area (Å²) in [6.07, 6.45) is 3.25. The highest BCUT2D eigenvalue weighted by atomic mass is 16.5. The minimum atomic E-state index is 0.380. The number of Topliss-reactive ketones (excluding diaryl/α,β-unsaturated/α-hetero) is 1. The summed E-state index contributed by atoms with van der Waals surface area (Å²) in [4.78, 5) is 10.8. The fourth-order valence-corrected chi connectivity index (χ4v) is 1.43. The molecule has 0 aromatic heterocycles. The normalized spacial score (nSPS) is 19.9. The standard InChI is InChI=1S/C9H14O2/c1-7(11-2)8-3-5-9(10)6-4-8/h8H,1,3-6H2,2H3. The van der Waals surface area contributed by atoms with E-state index in [1.54, 1.807) is 7.11 Å². The molecule has 0 bridgehead atoms. The predicted molar refractivity (Wildman–Crippen MR) is 43.1 cm³/mol. The number of carbonyl (C=O) groups is 1. The topological polar surface area (TPSA) is 26.3 Å². The van der Waals surface area contributed by atoms with Gasteiger partial charge in [-0.15, -0.1) is 0 Å². The van der Waals surface area contributed by atoms with Crippen LogP contribution >= 0.6 is 0 Å². The first-order valence-electron chi connectivity index (χ1n) is 3.98.